The number of hydrogen-bond donors (Lipinski definition) is 2. The Bertz CT molecular complexity index is 627. The maximum absolute atomic E-state index is 11.1. The fraction of sp³-hybridized carbons (Fsp3) is 0.167. The normalized spacial score (nSPS) is 11.4. The molecule has 0 aliphatic carbocycles. The number of aromatic nitrogens is 2. The van der Waals surface area contributed by atoms with Gasteiger partial charge < -0.3 is 5.32 Å². The fourth-order valence-electron chi connectivity index (χ4n) is 1.55. The van der Waals surface area contributed by atoms with Crippen LogP contribution in [0.4, 0.5) is 0 Å². The zero-order valence-corrected chi connectivity index (χ0v) is 11.0. The van der Waals surface area contributed by atoms with E-state index in [2.05, 4.69) is 15.3 Å². The second kappa shape index (κ2) is 5.87. The average molecular weight is 278 g/mol. The Morgan fingerprint density at radius 1 is 1.11 bits per heavy atom. The van der Waals surface area contributed by atoms with Crippen molar-refractivity contribution in [2.24, 2.45) is 5.14 Å². The van der Waals surface area contributed by atoms with Crippen molar-refractivity contribution in [3.63, 3.8) is 0 Å². The topological polar surface area (TPSA) is 98.0 Å². The van der Waals surface area contributed by atoms with Gasteiger partial charge in [-0.15, -0.1) is 0 Å². The molecule has 7 heteroatoms. The summed E-state index contributed by atoms with van der Waals surface area (Å²) in [5.41, 5.74) is 1.87. The monoisotopic (exact) mass is 278 g/mol. The molecule has 2 rings (SSSR count). The number of nitrogens with zero attached hydrogens (tertiary/aromatic N) is 2. The standard InChI is InChI=1S/C12H14N4O2S/c13-19(17,18)12-3-1-10(2-4-12)7-15-8-11-5-6-14-9-16-11/h1-6,9,15H,7-8H2,(H2,13,17,18). The second-order valence-electron chi connectivity index (χ2n) is 3.99. The highest BCUT2D eigenvalue weighted by Crippen LogP contribution is 2.08. The summed E-state index contributed by atoms with van der Waals surface area (Å²) in [4.78, 5) is 8.04. The maximum atomic E-state index is 11.1. The van der Waals surface area contributed by atoms with Crippen molar-refractivity contribution in [2.45, 2.75) is 18.0 Å². The minimum absolute atomic E-state index is 0.118. The van der Waals surface area contributed by atoms with Gasteiger partial charge in [0, 0.05) is 19.3 Å². The van der Waals surface area contributed by atoms with Crippen LogP contribution in [0.1, 0.15) is 11.3 Å². The zero-order valence-electron chi connectivity index (χ0n) is 10.2. The molecule has 0 aliphatic heterocycles. The summed E-state index contributed by atoms with van der Waals surface area (Å²) >= 11 is 0. The maximum Gasteiger partial charge on any atom is 0.238 e. The third kappa shape index (κ3) is 4.09. The molecule has 1 heterocycles. The Hall–Kier alpha value is -1.83. The van der Waals surface area contributed by atoms with Gasteiger partial charge >= 0.3 is 0 Å². The molecule has 0 unspecified atom stereocenters. The smallest absolute Gasteiger partial charge is 0.238 e. The first-order chi connectivity index (χ1) is 9.05. The second-order valence-corrected chi connectivity index (χ2v) is 5.55. The number of benzene rings is 1. The van der Waals surface area contributed by atoms with Crippen molar-refractivity contribution in [1.82, 2.24) is 15.3 Å². The van der Waals surface area contributed by atoms with Crippen molar-refractivity contribution in [3.8, 4) is 0 Å². The van der Waals surface area contributed by atoms with Crippen LogP contribution in [0, 0.1) is 0 Å². The summed E-state index contributed by atoms with van der Waals surface area (Å²) in [5.74, 6) is 0. The van der Waals surface area contributed by atoms with Crippen LogP contribution in [0.2, 0.25) is 0 Å². The van der Waals surface area contributed by atoms with Gasteiger partial charge in [-0.2, -0.15) is 0 Å². The van der Waals surface area contributed by atoms with E-state index in [1.807, 2.05) is 6.07 Å². The molecule has 3 N–H and O–H groups in total. The largest absolute Gasteiger partial charge is 0.307 e. The summed E-state index contributed by atoms with van der Waals surface area (Å²) in [6, 6.07) is 8.28. The molecule has 0 radical (unpaired) electrons. The number of nitrogens with one attached hydrogen (secondary N) is 1. The third-order valence-electron chi connectivity index (χ3n) is 2.53. The molecule has 6 nitrogen and oxygen atoms in total. The number of nitrogens with two attached hydrogens (primary N) is 1. The molecule has 1 aromatic carbocycles. The van der Waals surface area contributed by atoms with Crippen LogP contribution in [0.25, 0.3) is 0 Å². The van der Waals surface area contributed by atoms with Crippen molar-refractivity contribution in [3.05, 3.63) is 54.1 Å². The van der Waals surface area contributed by atoms with E-state index in [-0.39, 0.29) is 4.90 Å². The summed E-state index contributed by atoms with van der Waals surface area (Å²) in [6.07, 6.45) is 3.18. The Kier molecular flexibility index (Phi) is 4.20. The number of sulfonamides is 1. The lowest BCUT2D eigenvalue weighted by atomic mass is 10.2. The van der Waals surface area contributed by atoms with Crippen LogP contribution >= 0.6 is 0 Å². The first-order valence-electron chi connectivity index (χ1n) is 5.63. The number of rotatable bonds is 5. The molecule has 1 aromatic heterocycles. The number of hydrogen-bond acceptors (Lipinski definition) is 5. The molecular weight excluding hydrogens is 264 g/mol. The van der Waals surface area contributed by atoms with E-state index in [0.717, 1.165) is 11.3 Å². The summed E-state index contributed by atoms with van der Waals surface area (Å²) in [6.45, 7) is 1.24. The van der Waals surface area contributed by atoms with Gasteiger partial charge in [-0.05, 0) is 23.8 Å². The van der Waals surface area contributed by atoms with Gasteiger partial charge in [0.2, 0.25) is 10.0 Å². The third-order valence-corrected chi connectivity index (χ3v) is 3.46. The Balaban J connectivity index is 1.90. The quantitative estimate of drug-likeness (QED) is 0.825. The fourth-order valence-corrected chi connectivity index (χ4v) is 2.07. The predicted octanol–water partition coefficient (Wildman–Crippen LogP) is 0.414. The molecule has 2 aromatic rings. The summed E-state index contributed by atoms with van der Waals surface area (Å²) < 4.78 is 22.2. The average Bonchev–Trinajstić information content (AvgIpc) is 2.39. The molecule has 0 saturated heterocycles. The lowest BCUT2D eigenvalue weighted by Crippen LogP contribution is -2.14. The lowest BCUT2D eigenvalue weighted by molar-refractivity contribution is 0.597. The number of primary sulfonamides is 1. The van der Waals surface area contributed by atoms with Gasteiger partial charge in [0.15, 0.2) is 0 Å². The van der Waals surface area contributed by atoms with E-state index in [1.54, 1.807) is 18.3 Å². The molecule has 0 spiro atoms. The van der Waals surface area contributed by atoms with Crippen molar-refractivity contribution in [2.75, 3.05) is 0 Å². The zero-order chi connectivity index (χ0) is 13.7. The highest BCUT2D eigenvalue weighted by atomic mass is 32.2. The SMILES string of the molecule is NS(=O)(=O)c1ccc(CNCc2ccncn2)cc1. The highest BCUT2D eigenvalue weighted by Gasteiger charge is 2.06. The van der Waals surface area contributed by atoms with E-state index in [4.69, 9.17) is 5.14 Å². The Morgan fingerprint density at radius 2 is 1.84 bits per heavy atom. The van der Waals surface area contributed by atoms with Gasteiger partial charge in [0.1, 0.15) is 6.33 Å². The van der Waals surface area contributed by atoms with E-state index in [9.17, 15) is 8.42 Å². The van der Waals surface area contributed by atoms with Crippen LogP contribution in [0.3, 0.4) is 0 Å². The van der Waals surface area contributed by atoms with Crippen LogP contribution in [-0.2, 0) is 23.1 Å². The van der Waals surface area contributed by atoms with Gasteiger partial charge in [-0.25, -0.2) is 23.5 Å². The molecule has 0 atom stereocenters. The van der Waals surface area contributed by atoms with Crippen LogP contribution in [0.15, 0.2) is 47.8 Å². The van der Waals surface area contributed by atoms with E-state index >= 15 is 0 Å². The molecule has 0 aliphatic rings. The molecule has 100 valence electrons. The highest BCUT2D eigenvalue weighted by molar-refractivity contribution is 7.89. The molecular formula is C12H14N4O2S. The Morgan fingerprint density at radius 3 is 2.42 bits per heavy atom. The summed E-state index contributed by atoms with van der Waals surface area (Å²) in [7, 11) is -3.62. The van der Waals surface area contributed by atoms with Crippen molar-refractivity contribution in [1.29, 1.82) is 0 Å². The molecule has 0 saturated carbocycles. The van der Waals surface area contributed by atoms with Gasteiger partial charge in [0.05, 0.1) is 10.6 Å². The van der Waals surface area contributed by atoms with Gasteiger partial charge in [0.25, 0.3) is 0 Å². The van der Waals surface area contributed by atoms with Crippen LogP contribution in [0.5, 0.6) is 0 Å². The molecule has 0 amide bonds. The minimum Gasteiger partial charge on any atom is -0.307 e. The Labute approximate surface area is 111 Å². The first-order valence-corrected chi connectivity index (χ1v) is 7.18. The first kappa shape index (κ1) is 13.6. The lowest BCUT2D eigenvalue weighted by Gasteiger charge is -2.05. The minimum atomic E-state index is -3.62. The van der Waals surface area contributed by atoms with Crippen molar-refractivity contribution >= 4 is 10.0 Å². The van der Waals surface area contributed by atoms with E-state index in [1.165, 1.54) is 18.5 Å². The summed E-state index contributed by atoms with van der Waals surface area (Å²) in [5, 5.41) is 8.23. The molecule has 19 heavy (non-hydrogen) atoms. The molecule has 0 fully saturated rings. The van der Waals surface area contributed by atoms with Gasteiger partial charge in [-0.1, -0.05) is 12.1 Å². The van der Waals surface area contributed by atoms with Crippen molar-refractivity contribution < 1.29 is 8.42 Å². The van der Waals surface area contributed by atoms with Crippen LogP contribution < -0.4 is 10.5 Å². The predicted molar refractivity (Wildman–Crippen MR) is 70.4 cm³/mol. The van der Waals surface area contributed by atoms with E-state index < -0.39 is 10.0 Å². The van der Waals surface area contributed by atoms with E-state index in [0.29, 0.717) is 13.1 Å². The molecule has 0 bridgehead atoms. The van der Waals surface area contributed by atoms with Crippen LogP contribution in [-0.4, -0.2) is 18.4 Å². The van der Waals surface area contributed by atoms with Gasteiger partial charge in [-0.3, -0.25) is 0 Å².